The van der Waals surface area contributed by atoms with Gasteiger partial charge in [-0.15, -0.1) is 11.8 Å². The Kier molecular flexibility index (Phi) is 3.05. The second-order valence-corrected chi connectivity index (χ2v) is 5.24. The van der Waals surface area contributed by atoms with E-state index in [1.54, 1.807) is 23.7 Å². The number of nitrogens with zero attached hydrogens (tertiary/aromatic N) is 1. The van der Waals surface area contributed by atoms with Crippen molar-refractivity contribution >= 4 is 23.4 Å². The lowest BCUT2D eigenvalue weighted by Crippen LogP contribution is -2.43. The second kappa shape index (κ2) is 4.70. The smallest absolute Gasteiger partial charge is 0.244 e. The van der Waals surface area contributed by atoms with E-state index in [0.29, 0.717) is 5.75 Å². The number of carbonyl (C=O) groups excluding carboxylic acids is 1. The SMILES string of the molecule is CN(C(=O)C1CSCN1)c1ccc2c(c1)OCO2. The van der Waals surface area contributed by atoms with Crippen molar-refractivity contribution in [2.75, 3.05) is 30.4 Å². The molecule has 1 aromatic carbocycles. The number of thioether (sulfide) groups is 1. The molecule has 0 spiro atoms. The predicted octanol–water partition coefficient (Wildman–Crippen LogP) is 1.04. The molecule has 5 nitrogen and oxygen atoms in total. The Balaban J connectivity index is 1.79. The Labute approximate surface area is 109 Å². The van der Waals surface area contributed by atoms with Crippen molar-refractivity contribution in [3.63, 3.8) is 0 Å². The van der Waals surface area contributed by atoms with E-state index < -0.39 is 0 Å². The number of ether oxygens (including phenoxy) is 2. The lowest BCUT2D eigenvalue weighted by molar-refractivity contribution is -0.119. The molecule has 0 aliphatic carbocycles. The Bertz CT molecular complexity index is 474. The van der Waals surface area contributed by atoms with Gasteiger partial charge in [-0.25, -0.2) is 0 Å². The molecule has 1 amide bonds. The zero-order valence-electron chi connectivity index (χ0n) is 10.0. The summed E-state index contributed by atoms with van der Waals surface area (Å²) in [5.74, 6) is 3.17. The van der Waals surface area contributed by atoms with Crippen LogP contribution in [-0.2, 0) is 4.79 Å². The van der Waals surface area contributed by atoms with Gasteiger partial charge in [0.2, 0.25) is 12.7 Å². The molecule has 1 saturated heterocycles. The quantitative estimate of drug-likeness (QED) is 0.867. The van der Waals surface area contributed by atoms with Gasteiger partial charge >= 0.3 is 0 Å². The molecule has 3 rings (SSSR count). The summed E-state index contributed by atoms with van der Waals surface area (Å²) in [6.07, 6.45) is 0. The van der Waals surface area contributed by atoms with Crippen LogP contribution in [0.5, 0.6) is 11.5 Å². The van der Waals surface area contributed by atoms with Gasteiger partial charge in [-0.05, 0) is 12.1 Å². The molecule has 2 aliphatic heterocycles. The fourth-order valence-electron chi connectivity index (χ4n) is 2.01. The number of anilines is 1. The summed E-state index contributed by atoms with van der Waals surface area (Å²) < 4.78 is 10.6. The fourth-order valence-corrected chi connectivity index (χ4v) is 2.94. The van der Waals surface area contributed by atoms with E-state index in [4.69, 9.17) is 9.47 Å². The minimum atomic E-state index is -0.0922. The highest BCUT2D eigenvalue weighted by Crippen LogP contribution is 2.35. The van der Waals surface area contributed by atoms with E-state index in [0.717, 1.165) is 23.1 Å². The Morgan fingerprint density at radius 2 is 2.28 bits per heavy atom. The van der Waals surface area contributed by atoms with Crippen molar-refractivity contribution in [3.8, 4) is 11.5 Å². The van der Waals surface area contributed by atoms with Crippen LogP contribution in [0.2, 0.25) is 0 Å². The number of likely N-dealkylation sites (N-methyl/N-ethyl adjacent to an activating group) is 1. The first kappa shape index (κ1) is 11.7. The van der Waals surface area contributed by atoms with Gasteiger partial charge in [-0.3, -0.25) is 10.1 Å². The minimum absolute atomic E-state index is 0.0823. The third-order valence-corrected chi connectivity index (χ3v) is 4.03. The third-order valence-electron chi connectivity index (χ3n) is 3.09. The molecule has 1 N–H and O–H groups in total. The summed E-state index contributed by atoms with van der Waals surface area (Å²) in [7, 11) is 1.78. The maximum absolute atomic E-state index is 12.2. The summed E-state index contributed by atoms with van der Waals surface area (Å²) >= 11 is 1.74. The summed E-state index contributed by atoms with van der Waals surface area (Å²) in [6, 6.07) is 5.44. The van der Waals surface area contributed by atoms with Crippen LogP contribution in [0.1, 0.15) is 0 Å². The molecule has 96 valence electrons. The topological polar surface area (TPSA) is 50.8 Å². The van der Waals surface area contributed by atoms with Gasteiger partial charge in [0.1, 0.15) is 0 Å². The summed E-state index contributed by atoms with van der Waals surface area (Å²) in [6.45, 7) is 0.247. The van der Waals surface area contributed by atoms with Crippen LogP contribution in [0.15, 0.2) is 18.2 Å². The Hall–Kier alpha value is -1.40. The monoisotopic (exact) mass is 266 g/mol. The van der Waals surface area contributed by atoms with E-state index in [2.05, 4.69) is 5.32 Å². The summed E-state index contributed by atoms with van der Waals surface area (Å²) in [5, 5.41) is 3.18. The molecule has 6 heteroatoms. The normalized spacial score (nSPS) is 21.1. The maximum atomic E-state index is 12.2. The first-order valence-electron chi connectivity index (χ1n) is 5.74. The number of rotatable bonds is 2. The average Bonchev–Trinajstić information content (AvgIpc) is 3.06. The zero-order valence-corrected chi connectivity index (χ0v) is 10.8. The first-order chi connectivity index (χ1) is 8.75. The lowest BCUT2D eigenvalue weighted by Gasteiger charge is -2.21. The van der Waals surface area contributed by atoms with E-state index in [-0.39, 0.29) is 18.7 Å². The zero-order chi connectivity index (χ0) is 12.5. The molecule has 0 bridgehead atoms. The van der Waals surface area contributed by atoms with Crippen molar-refractivity contribution < 1.29 is 14.3 Å². The van der Waals surface area contributed by atoms with Gasteiger partial charge < -0.3 is 14.4 Å². The fraction of sp³-hybridized carbons (Fsp3) is 0.417. The van der Waals surface area contributed by atoms with Crippen LogP contribution < -0.4 is 19.7 Å². The number of hydrogen-bond acceptors (Lipinski definition) is 5. The van der Waals surface area contributed by atoms with Gasteiger partial charge in [0.15, 0.2) is 11.5 Å². The van der Waals surface area contributed by atoms with Crippen molar-refractivity contribution in [2.45, 2.75) is 6.04 Å². The number of benzene rings is 1. The van der Waals surface area contributed by atoms with E-state index >= 15 is 0 Å². The molecule has 1 atom stereocenters. The van der Waals surface area contributed by atoms with Crippen molar-refractivity contribution in [2.24, 2.45) is 0 Å². The van der Waals surface area contributed by atoms with Gasteiger partial charge in [-0.1, -0.05) is 0 Å². The van der Waals surface area contributed by atoms with E-state index in [1.165, 1.54) is 0 Å². The standard InChI is InChI=1S/C12H14N2O3S/c1-14(12(15)9-5-18-6-13-9)8-2-3-10-11(4-8)17-7-16-10/h2-4,9,13H,5-7H2,1H3. The summed E-state index contributed by atoms with van der Waals surface area (Å²) in [4.78, 5) is 13.9. The average molecular weight is 266 g/mol. The van der Waals surface area contributed by atoms with Gasteiger partial charge in [0.05, 0.1) is 6.04 Å². The number of hydrogen-bond donors (Lipinski definition) is 1. The highest BCUT2D eigenvalue weighted by Gasteiger charge is 2.27. The number of amides is 1. The minimum Gasteiger partial charge on any atom is -0.454 e. The second-order valence-electron chi connectivity index (χ2n) is 4.21. The Morgan fingerprint density at radius 1 is 1.44 bits per heavy atom. The largest absolute Gasteiger partial charge is 0.454 e. The molecule has 0 radical (unpaired) electrons. The molecule has 1 fully saturated rings. The number of carbonyl (C=O) groups is 1. The van der Waals surface area contributed by atoms with Crippen LogP contribution >= 0.6 is 11.8 Å². The molecule has 1 aromatic rings. The maximum Gasteiger partial charge on any atom is 0.244 e. The van der Waals surface area contributed by atoms with Crippen molar-refractivity contribution in [3.05, 3.63) is 18.2 Å². The molecular formula is C12H14N2O3S. The van der Waals surface area contributed by atoms with E-state index in [1.807, 2.05) is 18.2 Å². The van der Waals surface area contributed by atoms with Crippen molar-refractivity contribution in [1.82, 2.24) is 5.32 Å². The van der Waals surface area contributed by atoms with Crippen LogP contribution in [0, 0.1) is 0 Å². The van der Waals surface area contributed by atoms with Gasteiger partial charge in [0, 0.05) is 30.4 Å². The molecule has 1 unspecified atom stereocenters. The molecule has 18 heavy (non-hydrogen) atoms. The van der Waals surface area contributed by atoms with Crippen LogP contribution in [-0.4, -0.2) is 37.4 Å². The van der Waals surface area contributed by atoms with Crippen LogP contribution in [0.4, 0.5) is 5.69 Å². The van der Waals surface area contributed by atoms with Crippen molar-refractivity contribution in [1.29, 1.82) is 0 Å². The highest BCUT2D eigenvalue weighted by molar-refractivity contribution is 7.99. The molecular weight excluding hydrogens is 252 g/mol. The van der Waals surface area contributed by atoms with Crippen LogP contribution in [0.25, 0.3) is 0 Å². The Morgan fingerprint density at radius 3 is 3.06 bits per heavy atom. The van der Waals surface area contributed by atoms with E-state index in [9.17, 15) is 4.79 Å². The first-order valence-corrected chi connectivity index (χ1v) is 6.89. The molecule has 0 aromatic heterocycles. The van der Waals surface area contributed by atoms with Crippen LogP contribution in [0.3, 0.4) is 0 Å². The highest BCUT2D eigenvalue weighted by atomic mass is 32.2. The summed E-state index contributed by atoms with van der Waals surface area (Å²) in [5.41, 5.74) is 0.822. The lowest BCUT2D eigenvalue weighted by atomic mass is 10.2. The third kappa shape index (κ3) is 2.02. The molecule has 2 aliphatic rings. The predicted molar refractivity (Wildman–Crippen MR) is 70.2 cm³/mol. The number of fused-ring (bicyclic) bond motifs is 1. The van der Waals surface area contributed by atoms with Gasteiger partial charge in [-0.2, -0.15) is 0 Å². The molecule has 2 heterocycles. The number of nitrogens with one attached hydrogen (secondary N) is 1. The van der Waals surface area contributed by atoms with Gasteiger partial charge in [0.25, 0.3) is 0 Å². The molecule has 0 saturated carbocycles.